The van der Waals surface area contributed by atoms with E-state index < -0.39 is 5.91 Å². The van der Waals surface area contributed by atoms with Crippen molar-refractivity contribution in [1.29, 1.82) is 5.26 Å². The Bertz CT molecular complexity index is 981. The van der Waals surface area contributed by atoms with Crippen molar-refractivity contribution >= 4 is 34.7 Å². The lowest BCUT2D eigenvalue weighted by Crippen LogP contribution is -2.34. The lowest BCUT2D eigenvalue weighted by Gasteiger charge is -2.01. The number of nitriles is 1. The van der Waals surface area contributed by atoms with Crippen molar-refractivity contribution < 1.29 is 4.79 Å². The molecule has 25 heavy (non-hydrogen) atoms. The third kappa shape index (κ3) is 4.25. The van der Waals surface area contributed by atoms with Crippen LogP contribution in [0.1, 0.15) is 6.92 Å². The van der Waals surface area contributed by atoms with Crippen LogP contribution in [0.3, 0.4) is 0 Å². The van der Waals surface area contributed by atoms with E-state index in [-0.39, 0.29) is 17.7 Å². The van der Waals surface area contributed by atoms with Crippen LogP contribution in [0.25, 0.3) is 11.8 Å². The third-order valence-electron chi connectivity index (χ3n) is 3.33. The number of aromatic nitrogens is 1. The fourth-order valence-corrected chi connectivity index (χ4v) is 3.21. The first kappa shape index (κ1) is 18.2. The highest BCUT2D eigenvalue weighted by atomic mass is 32.1. The Labute approximate surface area is 149 Å². The van der Waals surface area contributed by atoms with Gasteiger partial charge in [0.2, 0.25) is 0 Å². The maximum Gasteiger partial charge on any atom is 0.270 e. The summed E-state index contributed by atoms with van der Waals surface area (Å²) in [6.45, 7) is 5.93. The number of amides is 1. The maximum absolute atomic E-state index is 12.5. The van der Waals surface area contributed by atoms with Gasteiger partial charge in [-0.3, -0.25) is 14.2 Å². The van der Waals surface area contributed by atoms with Crippen LogP contribution in [0.5, 0.6) is 0 Å². The topological polar surface area (TPSA) is 86.9 Å². The van der Waals surface area contributed by atoms with E-state index in [1.807, 2.05) is 36.4 Å². The molecule has 0 saturated heterocycles. The van der Waals surface area contributed by atoms with Gasteiger partial charge in [0.1, 0.15) is 15.3 Å². The second-order valence-corrected chi connectivity index (χ2v) is 5.99. The van der Waals surface area contributed by atoms with Crippen molar-refractivity contribution in [2.45, 2.75) is 13.5 Å². The van der Waals surface area contributed by atoms with Crippen molar-refractivity contribution in [3.63, 3.8) is 0 Å². The number of para-hydroxylation sites is 1. The summed E-state index contributed by atoms with van der Waals surface area (Å²) in [6.07, 6.45) is 3.12. The molecule has 0 aliphatic carbocycles. The Morgan fingerprint density at radius 3 is 2.72 bits per heavy atom. The molecular formula is C18H18N4O2S. The van der Waals surface area contributed by atoms with Crippen molar-refractivity contribution in [3.8, 4) is 6.07 Å². The number of thiazole rings is 1. The molecule has 1 heterocycles. The van der Waals surface area contributed by atoms with Gasteiger partial charge in [-0.15, -0.1) is 17.9 Å². The van der Waals surface area contributed by atoms with Gasteiger partial charge in [-0.1, -0.05) is 24.3 Å². The number of hydrogen-bond acceptors (Lipinski definition) is 5. The molecule has 0 radical (unpaired) electrons. The van der Waals surface area contributed by atoms with Gasteiger partial charge >= 0.3 is 0 Å². The highest BCUT2D eigenvalue weighted by molar-refractivity contribution is 7.07. The predicted molar refractivity (Wildman–Crippen MR) is 100 cm³/mol. The first-order valence-corrected chi connectivity index (χ1v) is 8.49. The summed E-state index contributed by atoms with van der Waals surface area (Å²) < 4.78 is 2.19. The molecule has 0 aliphatic heterocycles. The molecule has 1 amide bonds. The molecule has 1 aromatic heterocycles. The predicted octanol–water partition coefficient (Wildman–Crippen LogP) is 0.756. The van der Waals surface area contributed by atoms with E-state index in [2.05, 4.69) is 17.2 Å². The molecule has 0 bridgehead atoms. The molecule has 7 heteroatoms. The third-order valence-corrected chi connectivity index (χ3v) is 4.46. The van der Waals surface area contributed by atoms with E-state index in [1.165, 1.54) is 10.6 Å². The van der Waals surface area contributed by atoms with E-state index in [0.717, 1.165) is 17.0 Å². The molecule has 0 aliphatic rings. The number of nitrogens with zero attached hydrogens (tertiary/aromatic N) is 2. The average Bonchev–Trinajstić information content (AvgIpc) is 2.95. The summed E-state index contributed by atoms with van der Waals surface area (Å²) in [4.78, 5) is 24.7. The average molecular weight is 354 g/mol. The van der Waals surface area contributed by atoms with Crippen LogP contribution in [-0.4, -0.2) is 17.0 Å². The van der Waals surface area contributed by atoms with Gasteiger partial charge < -0.3 is 10.6 Å². The SMILES string of the molecule is C=CCNC(=O)C(C#N)=c1sc(=CNc2ccccc2)c(=O)n1CC. The maximum atomic E-state index is 12.5. The van der Waals surface area contributed by atoms with Crippen molar-refractivity contribution in [1.82, 2.24) is 9.88 Å². The molecule has 2 N–H and O–H groups in total. The molecule has 0 spiro atoms. The summed E-state index contributed by atoms with van der Waals surface area (Å²) in [5.41, 5.74) is 0.522. The van der Waals surface area contributed by atoms with Gasteiger partial charge in [-0.2, -0.15) is 5.26 Å². The summed E-state index contributed by atoms with van der Waals surface area (Å²) in [5, 5.41) is 15.0. The first-order valence-electron chi connectivity index (χ1n) is 7.67. The monoisotopic (exact) mass is 354 g/mol. The summed E-state index contributed by atoms with van der Waals surface area (Å²) in [5.74, 6) is -0.520. The molecule has 0 unspecified atom stereocenters. The molecule has 2 aromatic rings. The highest BCUT2D eigenvalue weighted by Crippen LogP contribution is 2.04. The Morgan fingerprint density at radius 2 is 2.12 bits per heavy atom. The zero-order chi connectivity index (χ0) is 18.2. The minimum atomic E-state index is -0.520. The number of carbonyl (C=O) groups is 1. The van der Waals surface area contributed by atoms with E-state index in [9.17, 15) is 14.9 Å². The normalized spacial score (nSPS) is 12.2. The van der Waals surface area contributed by atoms with Crippen LogP contribution in [0.15, 0.2) is 47.8 Å². The highest BCUT2D eigenvalue weighted by Gasteiger charge is 2.14. The second kappa shape index (κ2) is 8.66. The van der Waals surface area contributed by atoms with Gasteiger partial charge in [0.15, 0.2) is 5.57 Å². The zero-order valence-corrected chi connectivity index (χ0v) is 14.6. The van der Waals surface area contributed by atoms with Crippen LogP contribution in [0.4, 0.5) is 5.69 Å². The number of rotatable bonds is 6. The quantitative estimate of drug-likeness (QED) is 0.750. The molecule has 0 fully saturated rings. The largest absolute Gasteiger partial charge is 0.360 e. The van der Waals surface area contributed by atoms with E-state index in [1.54, 1.807) is 13.1 Å². The number of carbonyl (C=O) groups excluding carboxylic acids is 1. The Hall–Kier alpha value is -3.11. The number of benzene rings is 1. The van der Waals surface area contributed by atoms with Crippen LogP contribution in [0.2, 0.25) is 0 Å². The Kier molecular flexibility index (Phi) is 6.32. The van der Waals surface area contributed by atoms with Gasteiger partial charge in [0, 0.05) is 25.0 Å². The zero-order valence-electron chi connectivity index (χ0n) is 13.8. The van der Waals surface area contributed by atoms with Crippen LogP contribution >= 0.6 is 11.3 Å². The van der Waals surface area contributed by atoms with Gasteiger partial charge in [0.25, 0.3) is 11.5 Å². The Morgan fingerprint density at radius 1 is 1.40 bits per heavy atom. The van der Waals surface area contributed by atoms with Crippen molar-refractivity contribution in [3.05, 3.63) is 62.5 Å². The van der Waals surface area contributed by atoms with Gasteiger partial charge in [-0.25, -0.2) is 0 Å². The van der Waals surface area contributed by atoms with Crippen LogP contribution in [0, 0.1) is 11.3 Å². The molecule has 0 atom stereocenters. The minimum absolute atomic E-state index is 0.0786. The smallest absolute Gasteiger partial charge is 0.270 e. The fraction of sp³-hybridized carbons (Fsp3) is 0.167. The lowest BCUT2D eigenvalue weighted by molar-refractivity contribution is -0.115. The number of nitrogens with one attached hydrogen (secondary N) is 2. The Balaban J connectivity index is 2.55. The molecule has 2 rings (SSSR count). The fourth-order valence-electron chi connectivity index (χ4n) is 2.12. The second-order valence-electron chi connectivity index (χ2n) is 4.96. The molecule has 0 saturated carbocycles. The summed E-state index contributed by atoms with van der Waals surface area (Å²) >= 11 is 1.11. The molecular weight excluding hydrogens is 336 g/mol. The van der Waals surface area contributed by atoms with E-state index >= 15 is 0 Å². The van der Waals surface area contributed by atoms with Crippen LogP contribution < -0.4 is 25.4 Å². The van der Waals surface area contributed by atoms with Gasteiger partial charge in [0.05, 0.1) is 0 Å². The minimum Gasteiger partial charge on any atom is -0.360 e. The molecule has 128 valence electrons. The number of anilines is 1. The molecule has 6 nitrogen and oxygen atoms in total. The van der Waals surface area contributed by atoms with E-state index in [4.69, 9.17) is 0 Å². The van der Waals surface area contributed by atoms with Crippen molar-refractivity contribution in [2.75, 3.05) is 11.9 Å². The lowest BCUT2D eigenvalue weighted by atomic mass is 10.3. The molecule has 1 aromatic carbocycles. The summed E-state index contributed by atoms with van der Waals surface area (Å²) in [6, 6.07) is 11.3. The van der Waals surface area contributed by atoms with Crippen LogP contribution in [-0.2, 0) is 11.3 Å². The van der Waals surface area contributed by atoms with Crippen molar-refractivity contribution in [2.24, 2.45) is 0 Å². The van der Waals surface area contributed by atoms with E-state index in [0.29, 0.717) is 15.7 Å². The number of hydrogen-bond donors (Lipinski definition) is 2. The summed E-state index contributed by atoms with van der Waals surface area (Å²) in [7, 11) is 0. The first-order chi connectivity index (χ1) is 12.1. The van der Waals surface area contributed by atoms with Gasteiger partial charge in [-0.05, 0) is 19.1 Å². The standard InChI is InChI=1S/C18H18N4O2S/c1-3-10-20-16(23)14(11-19)18-22(4-2)17(24)15(25-18)12-21-13-8-6-5-7-9-13/h3,5-9,12,21H,1,4,10H2,2H3,(H,20,23).